The molecule has 0 bridgehead atoms. The van der Waals surface area contributed by atoms with Gasteiger partial charge in [0.15, 0.2) is 0 Å². The Hall–Kier alpha value is -6.11. The van der Waals surface area contributed by atoms with Crippen molar-refractivity contribution in [2.75, 3.05) is 5.32 Å². The molecule has 2 heterocycles. The van der Waals surface area contributed by atoms with E-state index >= 15 is 0 Å². The standard InChI is InChI=1S/C35H30F3N5O5/c36-23-15-14-22(27(38)18-23)20-48-30-12-5-7-21-17-24(40-32(21)30)19-43-16-6-11-29(35(43)47)42-34(46)28(10-3-4-13-31(39)44)41-33(45)25-8-1-2-9-26(25)37/h1-2,4-9,11-18,28,40H,3,10,19-20H2,(H2,39,44)(H,41,45)(H,42,46)/b13-4+/t28-/m0/s1. The van der Waals surface area contributed by atoms with Crippen LogP contribution in [-0.2, 0) is 22.7 Å². The fourth-order valence-corrected chi connectivity index (χ4v) is 4.96. The molecule has 0 spiro atoms. The molecule has 1 atom stereocenters. The minimum absolute atomic E-state index is 0.0180. The third-order valence-corrected chi connectivity index (χ3v) is 7.34. The summed E-state index contributed by atoms with van der Waals surface area (Å²) in [7, 11) is 0. The molecule has 5 rings (SSSR count). The van der Waals surface area contributed by atoms with Crippen molar-refractivity contribution in [3.8, 4) is 5.75 Å². The van der Waals surface area contributed by atoms with Gasteiger partial charge in [0.05, 0.1) is 17.6 Å². The summed E-state index contributed by atoms with van der Waals surface area (Å²) in [6, 6.07) is 17.4. The number of allylic oxidation sites excluding steroid dienone is 1. The smallest absolute Gasteiger partial charge is 0.274 e. The van der Waals surface area contributed by atoms with Gasteiger partial charge in [0.2, 0.25) is 11.8 Å². The summed E-state index contributed by atoms with van der Waals surface area (Å²) in [6.45, 7) is -0.0570. The second-order valence-electron chi connectivity index (χ2n) is 10.8. The number of hydrogen-bond acceptors (Lipinski definition) is 5. The van der Waals surface area contributed by atoms with Crippen molar-refractivity contribution < 1.29 is 32.3 Å². The van der Waals surface area contributed by atoms with Crippen LogP contribution in [-0.4, -0.2) is 33.3 Å². The number of hydrogen-bond donors (Lipinski definition) is 4. The molecule has 5 aromatic rings. The summed E-state index contributed by atoms with van der Waals surface area (Å²) >= 11 is 0. The number of aromatic nitrogens is 2. The van der Waals surface area contributed by atoms with E-state index in [9.17, 15) is 32.3 Å². The van der Waals surface area contributed by atoms with Crippen LogP contribution in [0.1, 0.15) is 34.5 Å². The number of ether oxygens (including phenoxy) is 1. The number of anilines is 1. The minimum Gasteiger partial charge on any atom is -0.487 e. The number of nitrogens with two attached hydrogens (primary N) is 1. The number of pyridine rings is 1. The molecule has 0 aliphatic rings. The van der Waals surface area contributed by atoms with Crippen molar-refractivity contribution in [2.45, 2.75) is 32.0 Å². The SMILES string of the molecule is NC(=O)/C=C/CC[C@H](NC(=O)c1ccccc1F)C(=O)Nc1cccn(Cc2cc3cccc(OCc4ccc(F)cc4F)c3[nH]2)c1=O. The van der Waals surface area contributed by atoms with Gasteiger partial charge in [-0.25, -0.2) is 13.2 Å². The molecule has 0 fully saturated rings. The van der Waals surface area contributed by atoms with Crippen molar-refractivity contribution in [1.29, 1.82) is 0 Å². The number of carbonyl (C=O) groups excluding carboxylic acids is 3. The van der Waals surface area contributed by atoms with Gasteiger partial charge in [-0.1, -0.05) is 30.3 Å². The third kappa shape index (κ3) is 8.18. The van der Waals surface area contributed by atoms with Crippen LogP contribution in [0.2, 0.25) is 0 Å². The zero-order chi connectivity index (χ0) is 34.2. The van der Waals surface area contributed by atoms with Crippen LogP contribution in [0.3, 0.4) is 0 Å². The largest absolute Gasteiger partial charge is 0.487 e. The van der Waals surface area contributed by atoms with Gasteiger partial charge in [-0.2, -0.15) is 0 Å². The van der Waals surface area contributed by atoms with Gasteiger partial charge in [-0.05, 0) is 67.4 Å². The maximum atomic E-state index is 14.2. The number of para-hydroxylation sites is 1. The normalized spacial score (nSPS) is 11.8. The lowest BCUT2D eigenvalue weighted by atomic mass is 10.1. The molecule has 10 nitrogen and oxygen atoms in total. The lowest BCUT2D eigenvalue weighted by Gasteiger charge is -2.18. The number of benzene rings is 3. The third-order valence-electron chi connectivity index (χ3n) is 7.34. The Morgan fingerprint density at radius 1 is 0.958 bits per heavy atom. The Kier molecular flexibility index (Phi) is 10.4. The molecule has 3 amide bonds. The first-order valence-electron chi connectivity index (χ1n) is 14.8. The number of nitrogens with zero attached hydrogens (tertiary/aromatic N) is 1. The molecule has 0 radical (unpaired) electrons. The van der Waals surface area contributed by atoms with Gasteiger partial charge in [0, 0.05) is 28.9 Å². The van der Waals surface area contributed by atoms with Crippen LogP contribution in [0.15, 0.2) is 102 Å². The van der Waals surface area contributed by atoms with Gasteiger partial charge in [-0.15, -0.1) is 0 Å². The zero-order valence-electron chi connectivity index (χ0n) is 25.3. The maximum Gasteiger partial charge on any atom is 0.274 e. The average Bonchev–Trinajstić information content (AvgIpc) is 3.47. The van der Waals surface area contributed by atoms with E-state index in [1.165, 1.54) is 47.2 Å². The van der Waals surface area contributed by atoms with Gasteiger partial charge < -0.3 is 30.7 Å². The first-order valence-corrected chi connectivity index (χ1v) is 14.8. The number of carbonyl (C=O) groups is 3. The summed E-state index contributed by atoms with van der Waals surface area (Å²) in [6.07, 6.45) is 4.27. The number of amides is 3. The highest BCUT2D eigenvalue weighted by atomic mass is 19.1. The highest BCUT2D eigenvalue weighted by Crippen LogP contribution is 2.27. The first kappa shape index (κ1) is 33.3. The van der Waals surface area contributed by atoms with Crippen LogP contribution in [0, 0.1) is 17.5 Å². The monoisotopic (exact) mass is 657 g/mol. The van der Waals surface area contributed by atoms with E-state index in [0.29, 0.717) is 17.0 Å². The summed E-state index contributed by atoms with van der Waals surface area (Å²) < 4.78 is 48.8. The lowest BCUT2D eigenvalue weighted by Crippen LogP contribution is -2.44. The Morgan fingerprint density at radius 2 is 1.77 bits per heavy atom. The molecule has 0 unspecified atom stereocenters. The number of fused-ring (bicyclic) bond motifs is 1. The van der Waals surface area contributed by atoms with Crippen molar-refractivity contribution >= 4 is 34.3 Å². The minimum atomic E-state index is -1.20. The Morgan fingerprint density at radius 3 is 2.54 bits per heavy atom. The predicted molar refractivity (Wildman–Crippen MR) is 173 cm³/mol. The molecule has 0 saturated heterocycles. The van der Waals surface area contributed by atoms with Crippen molar-refractivity contribution in [3.05, 3.63) is 142 Å². The van der Waals surface area contributed by atoms with Crippen molar-refractivity contribution in [2.24, 2.45) is 5.73 Å². The van der Waals surface area contributed by atoms with Crippen LogP contribution in [0.25, 0.3) is 10.9 Å². The summed E-state index contributed by atoms with van der Waals surface area (Å²) in [5.41, 5.74) is 5.65. The fraction of sp³-hybridized carbons (Fsp3) is 0.143. The number of rotatable bonds is 13. The summed E-state index contributed by atoms with van der Waals surface area (Å²) in [4.78, 5) is 53.8. The van der Waals surface area contributed by atoms with Crippen LogP contribution in [0.5, 0.6) is 5.75 Å². The second-order valence-corrected chi connectivity index (χ2v) is 10.8. The van der Waals surface area contributed by atoms with Crippen molar-refractivity contribution in [1.82, 2.24) is 14.9 Å². The molecule has 3 aromatic carbocycles. The predicted octanol–water partition coefficient (Wildman–Crippen LogP) is 4.93. The molecular weight excluding hydrogens is 627 g/mol. The molecule has 2 aromatic heterocycles. The van der Waals surface area contributed by atoms with E-state index in [1.807, 2.05) is 12.1 Å². The summed E-state index contributed by atoms with van der Waals surface area (Å²) in [5, 5.41) is 5.81. The maximum absolute atomic E-state index is 14.2. The Bertz CT molecular complexity index is 2070. The van der Waals surface area contributed by atoms with Gasteiger partial charge >= 0.3 is 0 Å². The second kappa shape index (κ2) is 15.0. The fourth-order valence-electron chi connectivity index (χ4n) is 4.96. The van der Waals surface area contributed by atoms with Gasteiger partial charge in [-0.3, -0.25) is 19.2 Å². The molecule has 0 saturated carbocycles. The number of nitrogens with one attached hydrogen (secondary N) is 3. The average molecular weight is 658 g/mol. The molecule has 0 aliphatic carbocycles. The van der Waals surface area contributed by atoms with E-state index in [0.717, 1.165) is 29.7 Å². The van der Waals surface area contributed by atoms with E-state index in [1.54, 1.807) is 18.2 Å². The Balaban J connectivity index is 1.31. The van der Waals surface area contributed by atoms with Gasteiger partial charge in [0.25, 0.3) is 11.5 Å². The molecule has 5 N–H and O–H groups in total. The topological polar surface area (TPSA) is 148 Å². The number of primary amides is 1. The Labute approximate surface area is 272 Å². The van der Waals surface area contributed by atoms with E-state index < -0.39 is 46.8 Å². The van der Waals surface area contributed by atoms with E-state index in [2.05, 4.69) is 15.6 Å². The van der Waals surface area contributed by atoms with Crippen molar-refractivity contribution in [3.63, 3.8) is 0 Å². The first-order chi connectivity index (χ1) is 23.1. The van der Waals surface area contributed by atoms with Crippen LogP contribution >= 0.6 is 0 Å². The molecule has 48 heavy (non-hydrogen) atoms. The molecule has 13 heteroatoms. The quantitative estimate of drug-likeness (QED) is 0.133. The van der Waals surface area contributed by atoms with E-state index in [-0.39, 0.29) is 42.8 Å². The van der Waals surface area contributed by atoms with Crippen LogP contribution < -0.4 is 26.7 Å². The molecule has 246 valence electrons. The number of aromatic amines is 1. The number of H-pyrrole nitrogens is 1. The zero-order valence-corrected chi connectivity index (χ0v) is 25.3. The lowest BCUT2D eigenvalue weighted by molar-refractivity contribution is -0.118. The van der Waals surface area contributed by atoms with E-state index in [4.69, 9.17) is 10.5 Å². The molecular formula is C35H30F3N5O5. The highest BCUT2D eigenvalue weighted by molar-refractivity contribution is 6.01. The highest BCUT2D eigenvalue weighted by Gasteiger charge is 2.23. The summed E-state index contributed by atoms with van der Waals surface area (Å²) in [5.74, 6) is -4.01. The van der Waals surface area contributed by atoms with Gasteiger partial charge in [0.1, 0.15) is 41.5 Å². The molecule has 0 aliphatic heterocycles. The van der Waals surface area contributed by atoms with Crippen LogP contribution in [0.4, 0.5) is 18.9 Å². The number of halogens is 3.